The second kappa shape index (κ2) is 7.19. The molecule has 0 aliphatic carbocycles. The number of carbonyl (C=O) groups excluding carboxylic acids is 1. The first-order valence-corrected chi connectivity index (χ1v) is 7.70. The van der Waals surface area contributed by atoms with E-state index in [2.05, 4.69) is 11.0 Å². The van der Waals surface area contributed by atoms with Crippen LogP contribution in [0.25, 0.3) is 0 Å². The first-order chi connectivity index (χ1) is 11.3. The van der Waals surface area contributed by atoms with E-state index < -0.39 is 0 Å². The van der Waals surface area contributed by atoms with Gasteiger partial charge in [-0.25, -0.2) is 0 Å². The van der Waals surface area contributed by atoms with Gasteiger partial charge >= 0.3 is 0 Å². The topological polar surface area (TPSA) is 53.3 Å². The summed E-state index contributed by atoms with van der Waals surface area (Å²) in [5.74, 6) is -0.0501. The van der Waals surface area contributed by atoms with E-state index in [-0.39, 0.29) is 5.78 Å². The van der Waals surface area contributed by atoms with Crippen LogP contribution in [-0.4, -0.2) is 37.0 Å². The summed E-state index contributed by atoms with van der Waals surface area (Å²) in [6.07, 6.45) is 0. The third-order valence-corrected chi connectivity index (χ3v) is 3.95. The Kier molecular flexibility index (Phi) is 4.82. The molecule has 4 heteroatoms. The Balaban J connectivity index is 1.78. The lowest BCUT2D eigenvalue weighted by molar-refractivity contribution is 0.0342. The molecule has 0 N–H and O–H groups in total. The van der Waals surface area contributed by atoms with E-state index >= 15 is 0 Å². The van der Waals surface area contributed by atoms with Crippen LogP contribution >= 0.6 is 0 Å². The van der Waals surface area contributed by atoms with Gasteiger partial charge in [-0.05, 0) is 23.8 Å². The average Bonchev–Trinajstić information content (AvgIpc) is 2.62. The molecule has 1 aliphatic heterocycles. The fourth-order valence-electron chi connectivity index (χ4n) is 2.73. The van der Waals surface area contributed by atoms with Crippen molar-refractivity contribution in [1.29, 1.82) is 5.26 Å². The second-order valence-corrected chi connectivity index (χ2v) is 5.61. The number of nitrogens with zero attached hydrogens (tertiary/aromatic N) is 2. The predicted molar refractivity (Wildman–Crippen MR) is 87.1 cm³/mol. The normalized spacial score (nSPS) is 15.1. The van der Waals surface area contributed by atoms with E-state index in [9.17, 15) is 4.79 Å². The smallest absolute Gasteiger partial charge is 0.193 e. The van der Waals surface area contributed by atoms with Gasteiger partial charge in [0.2, 0.25) is 0 Å². The number of ether oxygens (including phenoxy) is 1. The van der Waals surface area contributed by atoms with Crippen LogP contribution in [0.3, 0.4) is 0 Å². The highest BCUT2D eigenvalue weighted by Crippen LogP contribution is 2.15. The van der Waals surface area contributed by atoms with E-state index in [1.165, 1.54) is 0 Å². The number of hydrogen-bond acceptors (Lipinski definition) is 4. The van der Waals surface area contributed by atoms with Gasteiger partial charge in [-0.15, -0.1) is 0 Å². The molecule has 1 heterocycles. The summed E-state index contributed by atoms with van der Waals surface area (Å²) >= 11 is 0. The maximum absolute atomic E-state index is 12.6. The Morgan fingerprint density at radius 3 is 2.52 bits per heavy atom. The average molecular weight is 306 g/mol. The molecule has 116 valence electrons. The maximum Gasteiger partial charge on any atom is 0.193 e. The van der Waals surface area contributed by atoms with Gasteiger partial charge in [-0.2, -0.15) is 5.26 Å². The van der Waals surface area contributed by atoms with Gasteiger partial charge in [0.1, 0.15) is 0 Å². The first kappa shape index (κ1) is 15.4. The summed E-state index contributed by atoms with van der Waals surface area (Å²) in [6, 6.07) is 16.6. The molecule has 2 aromatic rings. The van der Waals surface area contributed by atoms with Crippen molar-refractivity contribution in [3.05, 3.63) is 70.8 Å². The van der Waals surface area contributed by atoms with Crippen molar-refractivity contribution in [3.63, 3.8) is 0 Å². The summed E-state index contributed by atoms with van der Waals surface area (Å²) < 4.78 is 5.36. The van der Waals surface area contributed by atoms with Crippen molar-refractivity contribution >= 4 is 5.78 Å². The number of morpholine rings is 1. The quantitative estimate of drug-likeness (QED) is 0.815. The molecule has 0 unspecified atom stereocenters. The molecule has 1 fully saturated rings. The molecule has 23 heavy (non-hydrogen) atoms. The van der Waals surface area contributed by atoms with Crippen LogP contribution in [0.2, 0.25) is 0 Å². The van der Waals surface area contributed by atoms with E-state index in [1.807, 2.05) is 24.3 Å². The zero-order chi connectivity index (χ0) is 16.1. The molecule has 0 aromatic heterocycles. The van der Waals surface area contributed by atoms with Crippen molar-refractivity contribution in [2.24, 2.45) is 0 Å². The maximum atomic E-state index is 12.6. The van der Waals surface area contributed by atoms with Crippen LogP contribution in [0.15, 0.2) is 48.5 Å². The molecule has 0 bridgehead atoms. The predicted octanol–water partition coefficient (Wildman–Crippen LogP) is 2.62. The van der Waals surface area contributed by atoms with Crippen LogP contribution in [0.4, 0.5) is 0 Å². The van der Waals surface area contributed by atoms with E-state index in [0.29, 0.717) is 16.7 Å². The number of rotatable bonds is 4. The van der Waals surface area contributed by atoms with Gasteiger partial charge in [0.05, 0.1) is 24.8 Å². The minimum Gasteiger partial charge on any atom is -0.379 e. The Morgan fingerprint density at radius 1 is 1.09 bits per heavy atom. The standard InChI is InChI=1S/C19H18N2O2/c20-13-15-3-1-5-17(11-15)19(22)18-6-2-4-16(12-18)14-21-7-9-23-10-8-21/h1-6,11-12H,7-10,14H2. The first-order valence-electron chi connectivity index (χ1n) is 7.70. The van der Waals surface area contributed by atoms with Gasteiger partial charge in [0.25, 0.3) is 0 Å². The van der Waals surface area contributed by atoms with E-state index in [1.54, 1.807) is 24.3 Å². The molecule has 0 spiro atoms. The van der Waals surface area contributed by atoms with Gasteiger partial charge in [-0.3, -0.25) is 9.69 Å². The highest BCUT2D eigenvalue weighted by molar-refractivity contribution is 6.09. The summed E-state index contributed by atoms with van der Waals surface area (Å²) in [5.41, 5.74) is 2.83. The lowest BCUT2D eigenvalue weighted by Gasteiger charge is -2.26. The molecule has 2 aromatic carbocycles. The second-order valence-electron chi connectivity index (χ2n) is 5.61. The highest BCUT2D eigenvalue weighted by atomic mass is 16.5. The Labute approximate surface area is 135 Å². The summed E-state index contributed by atoms with van der Waals surface area (Å²) in [7, 11) is 0. The lowest BCUT2D eigenvalue weighted by Crippen LogP contribution is -2.35. The number of hydrogen-bond donors (Lipinski definition) is 0. The van der Waals surface area contributed by atoms with Gasteiger partial charge in [-0.1, -0.05) is 30.3 Å². The van der Waals surface area contributed by atoms with Crippen LogP contribution in [-0.2, 0) is 11.3 Å². The summed E-state index contributed by atoms with van der Waals surface area (Å²) in [5, 5.41) is 8.96. The molecule has 0 radical (unpaired) electrons. The number of benzene rings is 2. The third-order valence-electron chi connectivity index (χ3n) is 3.95. The summed E-state index contributed by atoms with van der Waals surface area (Å²) in [4.78, 5) is 14.9. The zero-order valence-electron chi connectivity index (χ0n) is 12.9. The monoisotopic (exact) mass is 306 g/mol. The molecule has 4 nitrogen and oxygen atoms in total. The lowest BCUT2D eigenvalue weighted by atomic mass is 10.00. The Bertz CT molecular complexity index is 743. The third kappa shape index (κ3) is 3.84. The van der Waals surface area contributed by atoms with Crippen molar-refractivity contribution in [1.82, 2.24) is 4.90 Å². The molecule has 0 atom stereocenters. The van der Waals surface area contributed by atoms with Crippen molar-refractivity contribution < 1.29 is 9.53 Å². The van der Waals surface area contributed by atoms with E-state index in [4.69, 9.17) is 10.00 Å². The molecular weight excluding hydrogens is 288 g/mol. The van der Waals surface area contributed by atoms with Crippen molar-refractivity contribution in [3.8, 4) is 6.07 Å². The molecule has 0 amide bonds. The number of ketones is 1. The van der Waals surface area contributed by atoms with Crippen molar-refractivity contribution in [2.45, 2.75) is 6.54 Å². The molecular formula is C19H18N2O2. The summed E-state index contributed by atoms with van der Waals surface area (Å²) in [6.45, 7) is 4.19. The minimum atomic E-state index is -0.0501. The minimum absolute atomic E-state index is 0.0501. The van der Waals surface area contributed by atoms with Crippen molar-refractivity contribution in [2.75, 3.05) is 26.3 Å². The largest absolute Gasteiger partial charge is 0.379 e. The van der Waals surface area contributed by atoms with Gasteiger partial charge in [0.15, 0.2) is 5.78 Å². The number of nitriles is 1. The molecule has 1 saturated heterocycles. The molecule has 0 saturated carbocycles. The van der Waals surface area contributed by atoms with Crippen LogP contribution < -0.4 is 0 Å². The van der Waals surface area contributed by atoms with Gasteiger partial charge < -0.3 is 4.74 Å². The van der Waals surface area contributed by atoms with Crippen LogP contribution in [0.1, 0.15) is 27.0 Å². The zero-order valence-corrected chi connectivity index (χ0v) is 12.9. The fraction of sp³-hybridized carbons (Fsp3) is 0.263. The Hall–Kier alpha value is -2.48. The Morgan fingerprint density at radius 2 is 1.78 bits per heavy atom. The molecule has 1 aliphatic rings. The highest BCUT2D eigenvalue weighted by Gasteiger charge is 2.13. The van der Waals surface area contributed by atoms with Crippen LogP contribution in [0, 0.1) is 11.3 Å². The molecule has 3 rings (SSSR count). The van der Waals surface area contributed by atoms with Gasteiger partial charge in [0, 0.05) is 30.8 Å². The van der Waals surface area contributed by atoms with E-state index in [0.717, 1.165) is 38.4 Å². The number of carbonyl (C=O) groups is 1. The van der Waals surface area contributed by atoms with Crippen LogP contribution in [0.5, 0.6) is 0 Å². The SMILES string of the molecule is N#Cc1cccc(C(=O)c2cccc(CN3CCOCC3)c2)c1. The fourth-order valence-corrected chi connectivity index (χ4v) is 2.73.